The quantitative estimate of drug-likeness (QED) is 0.753. The largest absolute Gasteiger partial charge is 0.299 e. The number of hydrogen-bond acceptors (Lipinski definition) is 1. The van der Waals surface area contributed by atoms with Crippen LogP contribution < -0.4 is 0 Å². The smallest absolute Gasteiger partial charge is 0.140 e. The first kappa shape index (κ1) is 11.4. The zero-order valence-electron chi connectivity index (χ0n) is 10.3. The fourth-order valence-corrected chi connectivity index (χ4v) is 2.88. The summed E-state index contributed by atoms with van der Waals surface area (Å²) in [7, 11) is 0. The van der Waals surface area contributed by atoms with Crippen LogP contribution in [0.2, 0.25) is 0 Å². The lowest BCUT2D eigenvalue weighted by molar-refractivity contribution is -0.122. The Balaban J connectivity index is 2.36. The second kappa shape index (κ2) is 4.40. The van der Waals surface area contributed by atoms with Crippen molar-refractivity contribution >= 4 is 5.78 Å². The van der Waals surface area contributed by atoms with Crippen LogP contribution in [0.4, 0.5) is 0 Å². The molecular weight excluding hydrogens is 196 g/mol. The molecule has 1 aliphatic rings. The summed E-state index contributed by atoms with van der Waals surface area (Å²) in [5, 5.41) is 0. The summed E-state index contributed by atoms with van der Waals surface area (Å²) in [6.07, 6.45) is 5.51. The van der Waals surface area contributed by atoms with Crippen LogP contribution in [0.3, 0.4) is 0 Å². The molecule has 0 atom stereocenters. The van der Waals surface area contributed by atoms with E-state index in [0.29, 0.717) is 5.78 Å². The normalized spacial score (nSPS) is 18.6. The number of carbonyl (C=O) groups is 1. The number of ketones is 1. The van der Waals surface area contributed by atoms with Crippen LogP contribution in [0.1, 0.15) is 50.7 Å². The molecule has 1 heteroatoms. The van der Waals surface area contributed by atoms with Crippen molar-refractivity contribution in [3.63, 3.8) is 0 Å². The van der Waals surface area contributed by atoms with Crippen LogP contribution in [0.5, 0.6) is 0 Å². The van der Waals surface area contributed by atoms with Gasteiger partial charge in [-0.1, -0.05) is 44.0 Å². The number of aryl methyl sites for hydroxylation is 1. The van der Waals surface area contributed by atoms with E-state index in [-0.39, 0.29) is 5.41 Å². The standard InChI is InChI=1S/C15H20O/c1-3-13-6-8-14(9-7-13)15(12(2)16)10-4-5-11-15/h6-9H,3-5,10-11H2,1-2H3. The number of rotatable bonds is 3. The molecule has 0 unspecified atom stereocenters. The number of benzene rings is 1. The van der Waals surface area contributed by atoms with Gasteiger partial charge in [0.15, 0.2) is 0 Å². The summed E-state index contributed by atoms with van der Waals surface area (Å²) < 4.78 is 0. The Labute approximate surface area is 97.9 Å². The van der Waals surface area contributed by atoms with Gasteiger partial charge in [0, 0.05) is 0 Å². The van der Waals surface area contributed by atoms with Crippen molar-refractivity contribution < 1.29 is 4.79 Å². The summed E-state index contributed by atoms with van der Waals surface area (Å²) in [5.74, 6) is 0.342. The lowest BCUT2D eigenvalue weighted by atomic mass is 9.75. The molecule has 0 aliphatic heterocycles. The zero-order chi connectivity index (χ0) is 11.6. The predicted molar refractivity (Wildman–Crippen MR) is 66.6 cm³/mol. The SMILES string of the molecule is CCc1ccc(C2(C(C)=O)CCCC2)cc1. The summed E-state index contributed by atoms with van der Waals surface area (Å²) in [4.78, 5) is 11.9. The van der Waals surface area contributed by atoms with Gasteiger partial charge < -0.3 is 0 Å². The van der Waals surface area contributed by atoms with Crippen LogP contribution in [0.25, 0.3) is 0 Å². The molecule has 86 valence electrons. The zero-order valence-corrected chi connectivity index (χ0v) is 10.3. The van der Waals surface area contributed by atoms with E-state index in [4.69, 9.17) is 0 Å². The molecule has 0 amide bonds. The lowest BCUT2D eigenvalue weighted by Crippen LogP contribution is -2.30. The van der Waals surface area contributed by atoms with Crippen LogP contribution in [0, 0.1) is 0 Å². The second-order valence-corrected chi connectivity index (χ2v) is 4.90. The molecule has 0 N–H and O–H groups in total. The summed E-state index contributed by atoms with van der Waals surface area (Å²) in [6.45, 7) is 3.91. The van der Waals surface area contributed by atoms with Gasteiger partial charge in [0.2, 0.25) is 0 Å². The molecular formula is C15H20O. The van der Waals surface area contributed by atoms with Crippen molar-refractivity contribution in [3.8, 4) is 0 Å². The van der Waals surface area contributed by atoms with Gasteiger partial charge >= 0.3 is 0 Å². The molecule has 1 aliphatic carbocycles. The van der Waals surface area contributed by atoms with E-state index in [1.54, 1.807) is 6.92 Å². The van der Waals surface area contributed by atoms with Crippen molar-refractivity contribution in [3.05, 3.63) is 35.4 Å². The molecule has 1 fully saturated rings. The predicted octanol–water partition coefficient (Wildman–Crippen LogP) is 3.65. The average Bonchev–Trinajstić information content (AvgIpc) is 2.79. The van der Waals surface area contributed by atoms with E-state index < -0.39 is 0 Å². The molecule has 0 aromatic heterocycles. The van der Waals surface area contributed by atoms with Gasteiger partial charge in [-0.05, 0) is 37.3 Å². The molecule has 1 aromatic carbocycles. The molecule has 0 radical (unpaired) electrons. The highest BCUT2D eigenvalue weighted by molar-refractivity contribution is 5.88. The number of hydrogen-bond donors (Lipinski definition) is 0. The lowest BCUT2D eigenvalue weighted by Gasteiger charge is -2.26. The van der Waals surface area contributed by atoms with Gasteiger partial charge in [-0.25, -0.2) is 0 Å². The Hall–Kier alpha value is -1.11. The molecule has 2 rings (SSSR count). The monoisotopic (exact) mass is 216 g/mol. The first-order chi connectivity index (χ1) is 7.69. The average molecular weight is 216 g/mol. The molecule has 1 aromatic rings. The van der Waals surface area contributed by atoms with Gasteiger partial charge in [-0.15, -0.1) is 0 Å². The molecule has 1 saturated carbocycles. The van der Waals surface area contributed by atoms with E-state index in [1.807, 2.05) is 0 Å². The molecule has 0 heterocycles. The van der Waals surface area contributed by atoms with Gasteiger partial charge in [-0.3, -0.25) is 4.79 Å². The summed E-state index contributed by atoms with van der Waals surface area (Å²) >= 11 is 0. The molecule has 0 saturated heterocycles. The molecule has 0 spiro atoms. The maximum absolute atomic E-state index is 11.9. The Morgan fingerprint density at radius 1 is 1.19 bits per heavy atom. The maximum atomic E-state index is 11.9. The Morgan fingerprint density at radius 3 is 2.19 bits per heavy atom. The van der Waals surface area contributed by atoms with Crippen molar-refractivity contribution in [2.24, 2.45) is 0 Å². The third kappa shape index (κ3) is 1.79. The van der Waals surface area contributed by atoms with Gasteiger partial charge in [0.05, 0.1) is 5.41 Å². The van der Waals surface area contributed by atoms with Crippen LogP contribution >= 0.6 is 0 Å². The van der Waals surface area contributed by atoms with Crippen molar-refractivity contribution in [2.75, 3.05) is 0 Å². The third-order valence-corrected chi connectivity index (χ3v) is 4.05. The maximum Gasteiger partial charge on any atom is 0.140 e. The molecule has 16 heavy (non-hydrogen) atoms. The molecule has 1 nitrogen and oxygen atoms in total. The van der Waals surface area contributed by atoms with E-state index >= 15 is 0 Å². The van der Waals surface area contributed by atoms with Gasteiger partial charge in [0.1, 0.15) is 5.78 Å². The van der Waals surface area contributed by atoms with Crippen LogP contribution in [-0.2, 0) is 16.6 Å². The van der Waals surface area contributed by atoms with Crippen molar-refractivity contribution in [1.82, 2.24) is 0 Å². The number of carbonyl (C=O) groups excluding carboxylic acids is 1. The first-order valence-corrected chi connectivity index (χ1v) is 6.29. The number of Topliss-reactive ketones (excluding diaryl/α,β-unsaturated/α-hetero) is 1. The fraction of sp³-hybridized carbons (Fsp3) is 0.533. The summed E-state index contributed by atoms with van der Waals surface area (Å²) in [5.41, 5.74) is 2.42. The minimum absolute atomic E-state index is 0.160. The minimum atomic E-state index is -0.160. The van der Waals surface area contributed by atoms with Crippen molar-refractivity contribution in [1.29, 1.82) is 0 Å². The van der Waals surface area contributed by atoms with E-state index in [1.165, 1.54) is 24.0 Å². The third-order valence-electron chi connectivity index (χ3n) is 4.05. The van der Waals surface area contributed by atoms with E-state index in [2.05, 4.69) is 31.2 Å². The highest BCUT2D eigenvalue weighted by atomic mass is 16.1. The van der Waals surface area contributed by atoms with E-state index in [0.717, 1.165) is 19.3 Å². The fourth-order valence-electron chi connectivity index (χ4n) is 2.88. The second-order valence-electron chi connectivity index (χ2n) is 4.90. The first-order valence-electron chi connectivity index (χ1n) is 6.29. The summed E-state index contributed by atoms with van der Waals surface area (Å²) in [6, 6.07) is 8.65. The van der Waals surface area contributed by atoms with Gasteiger partial charge in [0.25, 0.3) is 0 Å². The van der Waals surface area contributed by atoms with Crippen LogP contribution in [0.15, 0.2) is 24.3 Å². The highest BCUT2D eigenvalue weighted by Crippen LogP contribution is 2.41. The van der Waals surface area contributed by atoms with Gasteiger partial charge in [-0.2, -0.15) is 0 Å². The minimum Gasteiger partial charge on any atom is -0.299 e. The topological polar surface area (TPSA) is 17.1 Å². The van der Waals surface area contributed by atoms with Crippen molar-refractivity contribution in [2.45, 2.75) is 51.4 Å². The Kier molecular flexibility index (Phi) is 3.13. The Bertz CT molecular complexity index is 369. The highest BCUT2D eigenvalue weighted by Gasteiger charge is 2.39. The molecule has 0 bridgehead atoms. The van der Waals surface area contributed by atoms with E-state index in [9.17, 15) is 4.79 Å². The van der Waals surface area contributed by atoms with Crippen LogP contribution in [-0.4, -0.2) is 5.78 Å². The Morgan fingerprint density at radius 2 is 1.75 bits per heavy atom.